The fourth-order valence-corrected chi connectivity index (χ4v) is 3.47. The van der Waals surface area contributed by atoms with Crippen LogP contribution in [0.15, 0.2) is 41.6 Å². The lowest BCUT2D eigenvalue weighted by molar-refractivity contribution is -0.136. The first-order valence-electron chi connectivity index (χ1n) is 8.93. The molecule has 0 bridgehead atoms. The molecule has 1 fully saturated rings. The number of hydrogen-bond acceptors (Lipinski definition) is 5. The molecule has 0 radical (unpaired) electrons. The van der Waals surface area contributed by atoms with E-state index in [2.05, 4.69) is 27.5 Å². The normalized spacial score (nSPS) is 22.4. The zero-order chi connectivity index (χ0) is 18.5. The van der Waals surface area contributed by atoms with Crippen LogP contribution in [0.2, 0.25) is 0 Å². The number of urea groups is 1. The second-order valence-corrected chi connectivity index (χ2v) is 6.76. The van der Waals surface area contributed by atoms with Gasteiger partial charge in [-0.1, -0.05) is 30.3 Å². The van der Waals surface area contributed by atoms with Gasteiger partial charge in [0.15, 0.2) is 0 Å². The summed E-state index contributed by atoms with van der Waals surface area (Å²) in [5, 5.41) is 5.68. The third-order valence-corrected chi connectivity index (χ3v) is 4.89. The summed E-state index contributed by atoms with van der Waals surface area (Å²) in [6.45, 7) is 4.37. The Morgan fingerprint density at radius 2 is 1.96 bits per heavy atom. The van der Waals surface area contributed by atoms with Gasteiger partial charge in [0.1, 0.15) is 0 Å². The van der Waals surface area contributed by atoms with Gasteiger partial charge in [-0.15, -0.1) is 0 Å². The third-order valence-electron chi connectivity index (χ3n) is 4.89. The van der Waals surface area contributed by atoms with E-state index in [9.17, 15) is 9.59 Å². The molecule has 0 aromatic heterocycles. The van der Waals surface area contributed by atoms with Crippen molar-refractivity contribution in [2.75, 3.05) is 46.9 Å². The van der Waals surface area contributed by atoms with Crippen molar-refractivity contribution >= 4 is 12.0 Å². The molecule has 7 heteroatoms. The zero-order valence-electron chi connectivity index (χ0n) is 15.3. The first kappa shape index (κ1) is 18.4. The zero-order valence-corrected chi connectivity index (χ0v) is 15.3. The van der Waals surface area contributed by atoms with Crippen LogP contribution in [-0.2, 0) is 9.53 Å². The first-order chi connectivity index (χ1) is 12.6. The number of esters is 1. The molecule has 0 saturated carbocycles. The van der Waals surface area contributed by atoms with Crippen molar-refractivity contribution in [2.24, 2.45) is 0 Å². The quantitative estimate of drug-likeness (QED) is 0.789. The minimum Gasteiger partial charge on any atom is -0.466 e. The topological polar surface area (TPSA) is 73.9 Å². The highest BCUT2D eigenvalue weighted by atomic mass is 16.5. The number of carbonyl (C=O) groups excluding carboxylic acids is 2. The van der Waals surface area contributed by atoms with E-state index >= 15 is 0 Å². The number of nitrogens with zero attached hydrogens (tertiary/aromatic N) is 2. The minimum atomic E-state index is -0.512. The van der Waals surface area contributed by atoms with Crippen molar-refractivity contribution in [3.05, 3.63) is 47.2 Å². The highest BCUT2D eigenvalue weighted by Crippen LogP contribution is 2.28. The van der Waals surface area contributed by atoms with Crippen molar-refractivity contribution in [1.29, 1.82) is 0 Å². The summed E-state index contributed by atoms with van der Waals surface area (Å²) >= 11 is 0. The number of nitrogens with one attached hydrogen (secondary N) is 2. The average Bonchev–Trinajstić information content (AvgIpc) is 2.85. The number of methoxy groups -OCH3 is 1. The van der Waals surface area contributed by atoms with E-state index < -0.39 is 12.0 Å². The van der Waals surface area contributed by atoms with Crippen LogP contribution >= 0.6 is 0 Å². The van der Waals surface area contributed by atoms with Gasteiger partial charge in [0.25, 0.3) is 0 Å². The Morgan fingerprint density at radius 1 is 1.19 bits per heavy atom. The van der Waals surface area contributed by atoms with Gasteiger partial charge in [0.05, 0.1) is 18.7 Å². The predicted molar refractivity (Wildman–Crippen MR) is 98.4 cm³/mol. The van der Waals surface area contributed by atoms with Crippen LogP contribution in [0.1, 0.15) is 18.0 Å². The molecule has 2 aliphatic heterocycles. The lowest BCUT2D eigenvalue weighted by Crippen LogP contribution is -2.48. The molecule has 1 aromatic rings. The van der Waals surface area contributed by atoms with Gasteiger partial charge in [0, 0.05) is 25.3 Å². The summed E-state index contributed by atoms with van der Waals surface area (Å²) in [6, 6.07) is 8.68. The summed E-state index contributed by atoms with van der Waals surface area (Å²) in [7, 11) is 3.48. The van der Waals surface area contributed by atoms with E-state index in [1.807, 2.05) is 30.3 Å². The van der Waals surface area contributed by atoms with E-state index in [1.54, 1.807) is 0 Å². The van der Waals surface area contributed by atoms with Crippen molar-refractivity contribution in [3.8, 4) is 0 Å². The maximum atomic E-state index is 12.5. The van der Waals surface area contributed by atoms with Gasteiger partial charge in [-0.2, -0.15) is 0 Å². The molecule has 0 aliphatic carbocycles. The second-order valence-electron chi connectivity index (χ2n) is 6.76. The van der Waals surface area contributed by atoms with E-state index in [-0.39, 0.29) is 6.03 Å². The van der Waals surface area contributed by atoms with Crippen LogP contribution in [0.25, 0.3) is 0 Å². The molecular formula is C19H26N4O3. The molecule has 26 heavy (non-hydrogen) atoms. The Bertz CT molecular complexity index is 689. The summed E-state index contributed by atoms with van der Waals surface area (Å²) in [5.41, 5.74) is 1.95. The Balaban J connectivity index is 1.92. The Hall–Kier alpha value is -2.38. The molecule has 0 spiro atoms. The SMILES string of the molecule is COC(=O)C1=C(CN2CCCN(C)CC2)NC(=O)N[C@@H]1c1ccccc1. The summed E-state index contributed by atoms with van der Waals surface area (Å²) in [4.78, 5) is 29.3. The molecule has 3 rings (SSSR count). The van der Waals surface area contributed by atoms with Crippen LogP contribution in [-0.4, -0.2) is 68.7 Å². The molecule has 2 N–H and O–H groups in total. The first-order valence-corrected chi connectivity index (χ1v) is 8.93. The minimum absolute atomic E-state index is 0.298. The highest BCUT2D eigenvalue weighted by Gasteiger charge is 2.34. The fraction of sp³-hybridized carbons (Fsp3) is 0.474. The number of rotatable bonds is 4. The van der Waals surface area contributed by atoms with Crippen LogP contribution in [0, 0.1) is 0 Å². The number of benzene rings is 1. The van der Waals surface area contributed by atoms with Crippen molar-refractivity contribution < 1.29 is 14.3 Å². The number of ether oxygens (including phenoxy) is 1. The van der Waals surface area contributed by atoms with Gasteiger partial charge in [-0.05, 0) is 32.1 Å². The van der Waals surface area contributed by atoms with Gasteiger partial charge in [-0.25, -0.2) is 9.59 Å². The highest BCUT2D eigenvalue weighted by molar-refractivity contribution is 5.95. The van der Waals surface area contributed by atoms with Gasteiger partial charge < -0.3 is 20.3 Å². The van der Waals surface area contributed by atoms with Crippen LogP contribution < -0.4 is 10.6 Å². The summed E-state index contributed by atoms with van der Waals surface area (Å²) < 4.78 is 5.02. The third kappa shape index (κ3) is 4.23. The lowest BCUT2D eigenvalue weighted by Gasteiger charge is -2.31. The molecule has 2 aliphatic rings. The van der Waals surface area contributed by atoms with Crippen molar-refractivity contribution in [1.82, 2.24) is 20.4 Å². The smallest absolute Gasteiger partial charge is 0.338 e. The van der Waals surface area contributed by atoms with E-state index in [1.165, 1.54) is 7.11 Å². The second kappa shape index (κ2) is 8.33. The van der Waals surface area contributed by atoms with E-state index in [4.69, 9.17) is 4.74 Å². The summed E-state index contributed by atoms with van der Waals surface area (Å²) in [5.74, 6) is -0.423. The lowest BCUT2D eigenvalue weighted by atomic mass is 9.95. The van der Waals surface area contributed by atoms with Crippen molar-refractivity contribution in [3.63, 3.8) is 0 Å². The molecule has 2 heterocycles. The standard InChI is InChI=1S/C19H26N4O3/c1-22-9-6-10-23(12-11-22)13-15-16(18(24)26-2)17(21-19(25)20-15)14-7-4-3-5-8-14/h3-5,7-8,17H,6,9-13H2,1-2H3,(H2,20,21,25)/t17-/m1/s1. The van der Waals surface area contributed by atoms with Crippen molar-refractivity contribution in [2.45, 2.75) is 12.5 Å². The number of likely N-dealkylation sites (N-methyl/N-ethyl adjacent to an activating group) is 1. The van der Waals surface area contributed by atoms with E-state index in [0.717, 1.165) is 38.2 Å². The van der Waals surface area contributed by atoms with Gasteiger partial charge >= 0.3 is 12.0 Å². The average molecular weight is 358 g/mol. The molecule has 1 aromatic carbocycles. The molecule has 1 atom stereocenters. The Morgan fingerprint density at radius 3 is 2.69 bits per heavy atom. The number of hydrogen-bond donors (Lipinski definition) is 2. The Labute approximate surface area is 154 Å². The molecule has 140 valence electrons. The molecule has 1 saturated heterocycles. The van der Waals surface area contributed by atoms with Crippen LogP contribution in [0.5, 0.6) is 0 Å². The molecule has 7 nitrogen and oxygen atoms in total. The predicted octanol–water partition coefficient (Wildman–Crippen LogP) is 1.11. The van der Waals surface area contributed by atoms with Gasteiger partial charge in [0.2, 0.25) is 0 Å². The number of carbonyl (C=O) groups is 2. The maximum absolute atomic E-state index is 12.5. The van der Waals surface area contributed by atoms with Gasteiger partial charge in [-0.3, -0.25) is 4.90 Å². The molecule has 2 amide bonds. The largest absolute Gasteiger partial charge is 0.466 e. The number of amides is 2. The maximum Gasteiger partial charge on any atom is 0.338 e. The van der Waals surface area contributed by atoms with Crippen LogP contribution in [0.4, 0.5) is 4.79 Å². The monoisotopic (exact) mass is 358 g/mol. The Kier molecular flexibility index (Phi) is 5.90. The van der Waals surface area contributed by atoms with E-state index in [0.29, 0.717) is 17.8 Å². The molecular weight excluding hydrogens is 332 g/mol. The van der Waals surface area contributed by atoms with Crippen LogP contribution in [0.3, 0.4) is 0 Å². The summed E-state index contributed by atoms with van der Waals surface area (Å²) in [6.07, 6.45) is 1.06. The fourth-order valence-electron chi connectivity index (χ4n) is 3.47. The molecule has 0 unspecified atom stereocenters.